The maximum absolute atomic E-state index is 13.0. The van der Waals surface area contributed by atoms with Gasteiger partial charge in [-0.05, 0) is 29.8 Å². The van der Waals surface area contributed by atoms with Gasteiger partial charge in [-0.2, -0.15) is 0 Å². The molecule has 117 valence electrons. The molecule has 0 aliphatic rings. The minimum Gasteiger partial charge on any atom is -0.241 e. The van der Waals surface area contributed by atoms with Crippen molar-refractivity contribution in [3.05, 3.63) is 91.1 Å². The Kier molecular flexibility index (Phi) is 3.47. The van der Waals surface area contributed by atoms with Crippen molar-refractivity contribution in [2.45, 2.75) is 4.90 Å². The molecule has 1 radical (unpaired) electrons. The maximum Gasteiger partial charge on any atom is 0.268 e. The predicted molar refractivity (Wildman–Crippen MR) is 95.2 cm³/mol. The first-order chi connectivity index (χ1) is 11.7. The highest BCUT2D eigenvalue weighted by atomic mass is 32.2. The van der Waals surface area contributed by atoms with E-state index in [9.17, 15) is 8.42 Å². The van der Waals surface area contributed by atoms with Crippen LogP contribution in [0.2, 0.25) is 0 Å². The minimum atomic E-state index is -3.65. The third-order valence-corrected chi connectivity index (χ3v) is 5.67. The van der Waals surface area contributed by atoms with Crippen molar-refractivity contribution in [1.29, 1.82) is 0 Å². The summed E-state index contributed by atoms with van der Waals surface area (Å²) < 4.78 is 27.4. The molecule has 1 heterocycles. The van der Waals surface area contributed by atoms with E-state index in [-0.39, 0.29) is 4.90 Å². The predicted octanol–water partition coefficient (Wildman–Crippen LogP) is 4.35. The first kappa shape index (κ1) is 14.7. The zero-order valence-electron chi connectivity index (χ0n) is 12.8. The molecule has 0 atom stereocenters. The van der Waals surface area contributed by atoms with Crippen LogP contribution in [0.1, 0.15) is 0 Å². The van der Waals surface area contributed by atoms with Crippen LogP contribution >= 0.6 is 0 Å². The van der Waals surface area contributed by atoms with Crippen LogP contribution in [0.25, 0.3) is 22.0 Å². The fourth-order valence-electron chi connectivity index (χ4n) is 2.83. The van der Waals surface area contributed by atoms with Gasteiger partial charge in [0, 0.05) is 17.1 Å². The Morgan fingerprint density at radius 1 is 0.792 bits per heavy atom. The summed E-state index contributed by atoms with van der Waals surface area (Å²) in [6, 6.07) is 26.7. The quantitative estimate of drug-likeness (QED) is 0.559. The molecule has 0 aliphatic heterocycles. The Morgan fingerprint density at radius 3 is 2.25 bits per heavy atom. The largest absolute Gasteiger partial charge is 0.268 e. The SMILES string of the molecule is O=S(=O)(c1ccccc1)n1cc(-c2[c]cccc2)c2ccccc21. The lowest BCUT2D eigenvalue weighted by molar-refractivity contribution is 0.589. The van der Waals surface area contributed by atoms with Gasteiger partial charge in [-0.15, -0.1) is 0 Å². The van der Waals surface area contributed by atoms with E-state index in [2.05, 4.69) is 6.07 Å². The summed E-state index contributed by atoms with van der Waals surface area (Å²) in [7, 11) is -3.65. The standard InChI is InChI=1S/C20H14NO2S/c22-24(23,17-11-5-2-6-12-17)21-15-19(16-9-3-1-4-10-16)18-13-7-8-14-20(18)21/h1-9,11-15H. The van der Waals surface area contributed by atoms with Gasteiger partial charge in [0.15, 0.2) is 0 Å². The lowest BCUT2D eigenvalue weighted by Crippen LogP contribution is -2.11. The first-order valence-corrected chi connectivity index (χ1v) is 9.00. The van der Waals surface area contributed by atoms with Crippen LogP contribution in [0.5, 0.6) is 0 Å². The number of fused-ring (bicyclic) bond motifs is 1. The molecule has 4 heteroatoms. The minimum absolute atomic E-state index is 0.273. The van der Waals surface area contributed by atoms with E-state index in [1.165, 1.54) is 3.97 Å². The smallest absolute Gasteiger partial charge is 0.241 e. The van der Waals surface area contributed by atoms with Gasteiger partial charge in [0.1, 0.15) is 0 Å². The number of hydrogen-bond donors (Lipinski definition) is 0. The molecule has 24 heavy (non-hydrogen) atoms. The number of benzene rings is 3. The van der Waals surface area contributed by atoms with Crippen LogP contribution < -0.4 is 0 Å². The highest BCUT2D eigenvalue weighted by Crippen LogP contribution is 2.32. The van der Waals surface area contributed by atoms with E-state index >= 15 is 0 Å². The Balaban J connectivity index is 2.01. The van der Waals surface area contributed by atoms with E-state index in [4.69, 9.17) is 0 Å². The second-order valence-corrected chi connectivity index (χ2v) is 7.27. The van der Waals surface area contributed by atoms with Gasteiger partial charge in [-0.3, -0.25) is 0 Å². The Labute approximate surface area is 140 Å². The van der Waals surface area contributed by atoms with Gasteiger partial charge >= 0.3 is 0 Å². The molecule has 3 aromatic carbocycles. The van der Waals surface area contributed by atoms with Crippen molar-refractivity contribution in [2.24, 2.45) is 0 Å². The normalized spacial score (nSPS) is 11.7. The molecule has 0 amide bonds. The van der Waals surface area contributed by atoms with Gasteiger partial charge in [-0.1, -0.05) is 60.7 Å². The number of nitrogens with zero attached hydrogens (tertiary/aromatic N) is 1. The zero-order valence-corrected chi connectivity index (χ0v) is 13.6. The number of para-hydroxylation sites is 1. The van der Waals surface area contributed by atoms with Gasteiger partial charge in [-0.25, -0.2) is 12.4 Å². The van der Waals surface area contributed by atoms with Crippen molar-refractivity contribution in [3.8, 4) is 11.1 Å². The molecule has 0 N–H and O–H groups in total. The molecule has 1 aromatic heterocycles. The molecule has 0 unspecified atom stereocenters. The number of rotatable bonds is 3. The summed E-state index contributed by atoms with van der Waals surface area (Å²) in [4.78, 5) is 0.273. The third kappa shape index (κ3) is 2.32. The number of aromatic nitrogens is 1. The van der Waals surface area contributed by atoms with Crippen molar-refractivity contribution < 1.29 is 8.42 Å². The average Bonchev–Trinajstić information content (AvgIpc) is 3.04. The van der Waals surface area contributed by atoms with Gasteiger partial charge < -0.3 is 0 Å². The topological polar surface area (TPSA) is 39.1 Å². The Hall–Kier alpha value is -2.85. The highest BCUT2D eigenvalue weighted by molar-refractivity contribution is 7.90. The fourth-order valence-corrected chi connectivity index (χ4v) is 4.22. The summed E-state index contributed by atoms with van der Waals surface area (Å²) >= 11 is 0. The Bertz CT molecular complexity index is 1100. The fraction of sp³-hybridized carbons (Fsp3) is 0. The van der Waals surface area contributed by atoms with Crippen molar-refractivity contribution >= 4 is 20.9 Å². The molecule has 0 fully saturated rings. The average molecular weight is 332 g/mol. The summed E-state index contributed by atoms with van der Waals surface area (Å²) in [5.41, 5.74) is 2.38. The van der Waals surface area contributed by atoms with E-state index in [1.807, 2.05) is 48.5 Å². The molecular formula is C20H14NO2S. The van der Waals surface area contributed by atoms with Crippen LogP contribution in [0.15, 0.2) is 90.0 Å². The summed E-state index contributed by atoms with van der Waals surface area (Å²) in [6.07, 6.45) is 1.68. The van der Waals surface area contributed by atoms with Crippen LogP contribution in [0.3, 0.4) is 0 Å². The monoisotopic (exact) mass is 332 g/mol. The summed E-state index contributed by atoms with van der Waals surface area (Å²) in [5, 5.41) is 0.888. The van der Waals surface area contributed by atoms with Gasteiger partial charge in [0.05, 0.1) is 10.4 Å². The van der Waals surface area contributed by atoms with E-state index in [1.54, 1.807) is 36.5 Å². The van der Waals surface area contributed by atoms with Crippen molar-refractivity contribution in [3.63, 3.8) is 0 Å². The molecule has 0 aliphatic carbocycles. The van der Waals surface area contributed by atoms with Gasteiger partial charge in [0.2, 0.25) is 0 Å². The second kappa shape index (κ2) is 5.65. The number of hydrogen-bond acceptors (Lipinski definition) is 2. The molecule has 4 aromatic rings. The van der Waals surface area contributed by atoms with Crippen molar-refractivity contribution in [1.82, 2.24) is 3.97 Å². The molecule has 3 nitrogen and oxygen atoms in total. The third-order valence-electron chi connectivity index (χ3n) is 3.98. The second-order valence-electron chi connectivity index (χ2n) is 5.45. The van der Waals surface area contributed by atoms with Crippen molar-refractivity contribution in [2.75, 3.05) is 0 Å². The van der Waals surface area contributed by atoms with Crippen LogP contribution in [0, 0.1) is 6.07 Å². The summed E-state index contributed by atoms with van der Waals surface area (Å²) in [6.45, 7) is 0. The van der Waals surface area contributed by atoms with E-state index in [0.29, 0.717) is 5.52 Å². The zero-order chi connectivity index (χ0) is 16.6. The summed E-state index contributed by atoms with van der Waals surface area (Å²) in [5.74, 6) is 0. The lowest BCUT2D eigenvalue weighted by Gasteiger charge is -2.07. The molecule has 0 bridgehead atoms. The van der Waals surface area contributed by atoms with Crippen LogP contribution in [0.4, 0.5) is 0 Å². The molecule has 4 rings (SSSR count). The Morgan fingerprint density at radius 2 is 1.50 bits per heavy atom. The molecule has 0 spiro atoms. The molecular weight excluding hydrogens is 318 g/mol. The molecule has 0 saturated carbocycles. The van der Waals surface area contributed by atoms with Crippen LogP contribution in [-0.4, -0.2) is 12.4 Å². The highest BCUT2D eigenvalue weighted by Gasteiger charge is 2.21. The molecule has 0 saturated heterocycles. The lowest BCUT2D eigenvalue weighted by atomic mass is 10.1. The van der Waals surface area contributed by atoms with E-state index in [0.717, 1.165) is 16.5 Å². The van der Waals surface area contributed by atoms with Crippen LogP contribution in [-0.2, 0) is 10.0 Å². The maximum atomic E-state index is 13.0. The van der Waals surface area contributed by atoms with Gasteiger partial charge in [0.25, 0.3) is 10.0 Å². The first-order valence-electron chi connectivity index (χ1n) is 7.56. The van der Waals surface area contributed by atoms with E-state index < -0.39 is 10.0 Å².